The molecule has 1 aromatic carbocycles. The van der Waals surface area contributed by atoms with Crippen LogP contribution < -0.4 is 10.5 Å². The molecule has 3 nitrogen and oxygen atoms in total. The molecule has 100 valence electrons. The second-order valence-corrected chi connectivity index (χ2v) is 4.80. The van der Waals surface area contributed by atoms with Crippen molar-refractivity contribution >= 4 is 21.7 Å². The molecular formula is C13H11BrF2N2O. The lowest BCUT2D eigenvalue weighted by molar-refractivity contribution is 0.293. The molecule has 0 saturated heterocycles. The monoisotopic (exact) mass is 328 g/mol. The van der Waals surface area contributed by atoms with E-state index in [0.29, 0.717) is 5.75 Å². The van der Waals surface area contributed by atoms with Gasteiger partial charge < -0.3 is 10.5 Å². The van der Waals surface area contributed by atoms with Crippen molar-refractivity contribution in [2.45, 2.75) is 13.5 Å². The number of anilines is 1. The van der Waals surface area contributed by atoms with Gasteiger partial charge in [0.05, 0.1) is 10.0 Å². The molecule has 0 aliphatic heterocycles. The summed E-state index contributed by atoms with van der Waals surface area (Å²) in [6.45, 7) is 1.53. The summed E-state index contributed by atoms with van der Waals surface area (Å²) in [7, 11) is 0. The van der Waals surface area contributed by atoms with Crippen LogP contribution in [0.15, 0.2) is 28.7 Å². The maximum atomic E-state index is 13.7. The third kappa shape index (κ3) is 3.01. The van der Waals surface area contributed by atoms with Crippen LogP contribution in [0.5, 0.6) is 5.75 Å². The van der Waals surface area contributed by atoms with Crippen LogP contribution >= 0.6 is 15.9 Å². The molecule has 0 amide bonds. The Morgan fingerprint density at radius 3 is 2.68 bits per heavy atom. The van der Waals surface area contributed by atoms with E-state index < -0.39 is 11.6 Å². The van der Waals surface area contributed by atoms with E-state index in [1.807, 2.05) is 0 Å². The number of hydrogen-bond acceptors (Lipinski definition) is 3. The third-order valence-electron chi connectivity index (χ3n) is 2.54. The maximum absolute atomic E-state index is 13.7. The molecule has 19 heavy (non-hydrogen) atoms. The number of aromatic nitrogens is 1. The lowest BCUT2D eigenvalue weighted by Crippen LogP contribution is -2.05. The standard InChI is InChI=1S/C13H11BrF2N2O/c1-7-2-5-11(13(17)18-7)19-6-8-10(15)4-3-9(14)12(8)16/h2-5H,6H2,1H3,(H2,17,18). The first kappa shape index (κ1) is 13.7. The topological polar surface area (TPSA) is 48.1 Å². The van der Waals surface area contributed by atoms with Gasteiger partial charge in [-0.2, -0.15) is 0 Å². The van der Waals surface area contributed by atoms with Gasteiger partial charge in [-0.15, -0.1) is 0 Å². The van der Waals surface area contributed by atoms with E-state index in [1.54, 1.807) is 19.1 Å². The molecule has 0 unspecified atom stereocenters. The quantitative estimate of drug-likeness (QED) is 0.876. The minimum Gasteiger partial charge on any atom is -0.485 e. The summed E-state index contributed by atoms with van der Waals surface area (Å²) in [6, 6.07) is 5.79. The van der Waals surface area contributed by atoms with Gasteiger partial charge in [-0.05, 0) is 47.1 Å². The van der Waals surface area contributed by atoms with E-state index >= 15 is 0 Å². The number of benzene rings is 1. The molecule has 1 aromatic heterocycles. The fourth-order valence-electron chi connectivity index (χ4n) is 1.54. The zero-order chi connectivity index (χ0) is 14.0. The molecular weight excluding hydrogens is 318 g/mol. The number of ether oxygens (including phenoxy) is 1. The highest BCUT2D eigenvalue weighted by atomic mass is 79.9. The number of hydrogen-bond donors (Lipinski definition) is 1. The second-order valence-electron chi connectivity index (χ2n) is 3.95. The smallest absolute Gasteiger partial charge is 0.166 e. The molecule has 0 aliphatic carbocycles. The van der Waals surface area contributed by atoms with Gasteiger partial charge in [0.2, 0.25) is 0 Å². The first-order valence-electron chi connectivity index (χ1n) is 5.47. The summed E-state index contributed by atoms with van der Waals surface area (Å²) in [5.74, 6) is -0.863. The van der Waals surface area contributed by atoms with Crippen LogP contribution in [0.2, 0.25) is 0 Å². The SMILES string of the molecule is Cc1ccc(OCc2c(F)ccc(Br)c2F)c(N)n1. The second kappa shape index (κ2) is 5.52. The van der Waals surface area contributed by atoms with Crippen molar-refractivity contribution < 1.29 is 13.5 Å². The maximum Gasteiger partial charge on any atom is 0.166 e. The number of rotatable bonds is 3. The zero-order valence-corrected chi connectivity index (χ0v) is 11.7. The highest BCUT2D eigenvalue weighted by molar-refractivity contribution is 9.10. The van der Waals surface area contributed by atoms with E-state index in [1.165, 1.54) is 12.1 Å². The van der Waals surface area contributed by atoms with Crippen molar-refractivity contribution in [3.8, 4) is 5.75 Å². The number of nitrogens with two attached hydrogens (primary N) is 1. The average Bonchev–Trinajstić information content (AvgIpc) is 2.36. The van der Waals surface area contributed by atoms with Gasteiger partial charge in [-0.1, -0.05) is 0 Å². The van der Waals surface area contributed by atoms with Gasteiger partial charge in [0.25, 0.3) is 0 Å². The highest BCUT2D eigenvalue weighted by Gasteiger charge is 2.13. The van der Waals surface area contributed by atoms with Gasteiger partial charge in [-0.25, -0.2) is 13.8 Å². The normalized spacial score (nSPS) is 10.5. The Bertz CT molecular complexity index is 620. The first-order chi connectivity index (χ1) is 8.99. The summed E-state index contributed by atoms with van der Waals surface area (Å²) in [5, 5.41) is 0. The Balaban J connectivity index is 2.21. The largest absolute Gasteiger partial charge is 0.485 e. The number of pyridine rings is 1. The lowest BCUT2D eigenvalue weighted by Gasteiger charge is -2.10. The van der Waals surface area contributed by atoms with Gasteiger partial charge in [0.1, 0.15) is 18.2 Å². The van der Waals surface area contributed by atoms with E-state index in [-0.39, 0.29) is 22.5 Å². The molecule has 0 saturated carbocycles. The van der Waals surface area contributed by atoms with Crippen molar-refractivity contribution in [2.24, 2.45) is 0 Å². The van der Waals surface area contributed by atoms with E-state index in [4.69, 9.17) is 10.5 Å². The predicted molar refractivity (Wildman–Crippen MR) is 71.8 cm³/mol. The first-order valence-corrected chi connectivity index (χ1v) is 6.26. The molecule has 0 radical (unpaired) electrons. The number of halogens is 3. The number of nitrogens with zero attached hydrogens (tertiary/aromatic N) is 1. The zero-order valence-electron chi connectivity index (χ0n) is 10.1. The van der Waals surface area contributed by atoms with Crippen molar-refractivity contribution in [3.63, 3.8) is 0 Å². The van der Waals surface area contributed by atoms with Crippen LogP contribution in [0.1, 0.15) is 11.3 Å². The summed E-state index contributed by atoms with van der Waals surface area (Å²) in [5.41, 5.74) is 6.24. The minimum absolute atomic E-state index is 0.158. The molecule has 2 N–H and O–H groups in total. The van der Waals surface area contributed by atoms with Crippen molar-refractivity contribution in [1.82, 2.24) is 4.98 Å². The summed E-state index contributed by atoms with van der Waals surface area (Å²) >= 11 is 3.00. The fraction of sp³-hybridized carbons (Fsp3) is 0.154. The van der Waals surface area contributed by atoms with Gasteiger partial charge >= 0.3 is 0 Å². The Morgan fingerprint density at radius 1 is 1.26 bits per heavy atom. The van der Waals surface area contributed by atoms with Crippen LogP contribution in [0.3, 0.4) is 0 Å². The van der Waals surface area contributed by atoms with Crippen molar-refractivity contribution in [1.29, 1.82) is 0 Å². The van der Waals surface area contributed by atoms with Crippen molar-refractivity contribution in [3.05, 3.63) is 51.6 Å². The van der Waals surface area contributed by atoms with Crippen LogP contribution in [-0.2, 0) is 6.61 Å². The molecule has 0 fully saturated rings. The summed E-state index contributed by atoms with van der Waals surface area (Å²) in [6.07, 6.45) is 0. The highest BCUT2D eigenvalue weighted by Crippen LogP contribution is 2.25. The van der Waals surface area contributed by atoms with Gasteiger partial charge in [0.15, 0.2) is 11.6 Å². The molecule has 2 aromatic rings. The predicted octanol–water partition coefficient (Wildman–Crippen LogP) is 3.59. The van der Waals surface area contributed by atoms with Crippen molar-refractivity contribution in [2.75, 3.05) is 5.73 Å². The molecule has 0 atom stereocenters. The Kier molecular flexibility index (Phi) is 3.99. The van der Waals surface area contributed by atoms with Gasteiger partial charge in [-0.3, -0.25) is 0 Å². The van der Waals surface area contributed by atoms with E-state index in [9.17, 15) is 8.78 Å². The molecule has 0 bridgehead atoms. The lowest BCUT2D eigenvalue weighted by atomic mass is 10.2. The average molecular weight is 329 g/mol. The van der Waals surface area contributed by atoms with Gasteiger partial charge in [0, 0.05) is 5.69 Å². The molecule has 0 spiro atoms. The number of nitrogen functional groups attached to an aromatic ring is 1. The van der Waals surface area contributed by atoms with Crippen LogP contribution in [0, 0.1) is 18.6 Å². The molecule has 1 heterocycles. The Morgan fingerprint density at radius 2 is 2.00 bits per heavy atom. The summed E-state index contributed by atoms with van der Waals surface area (Å²) in [4.78, 5) is 4.00. The number of aryl methyl sites for hydroxylation is 1. The third-order valence-corrected chi connectivity index (χ3v) is 3.15. The van der Waals surface area contributed by atoms with Crippen LogP contribution in [0.25, 0.3) is 0 Å². The van der Waals surface area contributed by atoms with E-state index in [0.717, 1.165) is 5.69 Å². The van der Waals surface area contributed by atoms with E-state index in [2.05, 4.69) is 20.9 Å². The molecule has 6 heteroatoms. The van der Waals surface area contributed by atoms with Crippen LogP contribution in [-0.4, -0.2) is 4.98 Å². The fourth-order valence-corrected chi connectivity index (χ4v) is 1.91. The summed E-state index contributed by atoms with van der Waals surface area (Å²) < 4.78 is 32.7. The Labute approximate surface area is 117 Å². The Hall–Kier alpha value is -1.69. The molecule has 2 rings (SSSR count). The van der Waals surface area contributed by atoms with Crippen LogP contribution in [0.4, 0.5) is 14.6 Å². The molecule has 0 aliphatic rings. The minimum atomic E-state index is -0.682.